The average Bonchev–Trinajstić information content (AvgIpc) is 2.43. The third-order valence-electron chi connectivity index (χ3n) is 1.32. The molecule has 0 fully saturated rings. The molecule has 0 spiro atoms. The molecule has 0 unspecified atom stereocenters. The van der Waals surface area contributed by atoms with Crippen molar-refractivity contribution in [1.29, 1.82) is 0 Å². The van der Waals surface area contributed by atoms with E-state index in [0.29, 0.717) is 0 Å². The molecule has 0 saturated heterocycles. The maximum absolute atomic E-state index is 4.13. The van der Waals surface area contributed by atoms with Crippen molar-refractivity contribution in [1.82, 2.24) is 8.75 Å². The normalized spacial score (nSPS) is 8.91. The van der Waals surface area contributed by atoms with Crippen molar-refractivity contribution in [2.45, 2.75) is 13.8 Å². The number of hydrogen-bond donors (Lipinski definition) is 0. The van der Waals surface area contributed by atoms with Crippen LogP contribution in [0.3, 0.4) is 0 Å². The van der Waals surface area contributed by atoms with Crippen LogP contribution in [0, 0.1) is 0 Å². The van der Waals surface area contributed by atoms with Crippen LogP contribution >= 0.6 is 21.1 Å². The molecule has 0 aromatic carbocycles. The fourth-order valence-corrected chi connectivity index (χ4v) is 1.90. The summed E-state index contributed by atoms with van der Waals surface area (Å²) in [4.78, 5) is 2.13. The predicted octanol–water partition coefficient (Wildman–Crippen LogP) is -1.27. The van der Waals surface area contributed by atoms with Gasteiger partial charge in [-0.15, -0.1) is 0 Å². The first-order valence-corrected chi connectivity index (χ1v) is 5.31. The van der Waals surface area contributed by atoms with Crippen LogP contribution in [-0.2, 0) is 0 Å². The molecule has 6 heteroatoms. The number of nitrogens with zero attached hydrogens (tertiary/aromatic N) is 3. The van der Waals surface area contributed by atoms with Gasteiger partial charge in [0.15, 0.2) is 0 Å². The Labute approximate surface area is 80.2 Å². The quantitative estimate of drug-likeness (QED) is 0.462. The molecule has 0 aliphatic heterocycles. The second kappa shape index (κ2) is 5.62. The van der Waals surface area contributed by atoms with Crippen LogP contribution in [0.5, 0.6) is 0 Å². The van der Waals surface area contributed by atoms with Gasteiger partial charge in [-0.3, -0.25) is 0 Å². The lowest BCUT2D eigenvalue weighted by atomic mass is 10.5. The SMILES string of the molecule is CCN(CC)c1ns[s+]n1.[Cl-]. The van der Waals surface area contributed by atoms with Crippen LogP contribution in [0.1, 0.15) is 13.8 Å². The summed E-state index contributed by atoms with van der Waals surface area (Å²) in [5.41, 5.74) is 0. The Balaban J connectivity index is 0.000001000. The molecule has 1 aromatic rings. The zero-order valence-electron chi connectivity index (χ0n) is 6.45. The van der Waals surface area contributed by atoms with Gasteiger partial charge in [-0.2, -0.15) is 0 Å². The summed E-state index contributed by atoms with van der Waals surface area (Å²) in [6.45, 7) is 6.18. The Morgan fingerprint density at radius 1 is 1.45 bits per heavy atom. The Morgan fingerprint density at radius 2 is 2.09 bits per heavy atom. The maximum Gasteiger partial charge on any atom is 0.464 e. The fourth-order valence-electron chi connectivity index (χ4n) is 0.739. The molecule has 0 N–H and O–H groups in total. The summed E-state index contributed by atoms with van der Waals surface area (Å²) >= 11 is 0. The van der Waals surface area contributed by atoms with Gasteiger partial charge in [0, 0.05) is 13.1 Å². The van der Waals surface area contributed by atoms with Gasteiger partial charge >= 0.3 is 27.0 Å². The first kappa shape index (κ1) is 11.0. The van der Waals surface area contributed by atoms with Crippen molar-refractivity contribution in [2.75, 3.05) is 18.0 Å². The van der Waals surface area contributed by atoms with Crippen molar-refractivity contribution >= 4 is 27.0 Å². The fraction of sp³-hybridized carbons (Fsp3) is 0.800. The molecule has 0 aliphatic carbocycles. The van der Waals surface area contributed by atoms with Gasteiger partial charge in [0.05, 0.1) is 4.37 Å². The largest absolute Gasteiger partial charge is 1.00 e. The number of anilines is 1. The van der Waals surface area contributed by atoms with Crippen LogP contribution in [0.4, 0.5) is 5.95 Å². The molecular weight excluding hydrogens is 202 g/mol. The third-order valence-corrected chi connectivity index (χ3v) is 2.51. The molecule has 0 radical (unpaired) electrons. The molecule has 11 heavy (non-hydrogen) atoms. The minimum absolute atomic E-state index is 0. The van der Waals surface area contributed by atoms with Gasteiger partial charge in [-0.25, -0.2) is 0 Å². The van der Waals surface area contributed by atoms with Crippen molar-refractivity contribution in [3.8, 4) is 0 Å². The first-order chi connectivity index (χ1) is 4.88. The summed E-state index contributed by atoms with van der Waals surface area (Å²) in [6.07, 6.45) is 0. The van der Waals surface area contributed by atoms with Gasteiger partial charge in [-0.1, -0.05) is 4.37 Å². The van der Waals surface area contributed by atoms with E-state index >= 15 is 0 Å². The molecule has 64 valence electrons. The van der Waals surface area contributed by atoms with Crippen LogP contribution in [0.2, 0.25) is 0 Å². The number of hydrogen-bond acceptors (Lipinski definition) is 4. The van der Waals surface area contributed by atoms with E-state index in [4.69, 9.17) is 0 Å². The Hall–Kier alpha value is -0.0000000000000000555. The van der Waals surface area contributed by atoms with Crippen molar-refractivity contribution in [3.05, 3.63) is 0 Å². The lowest BCUT2D eigenvalue weighted by molar-refractivity contribution is -0.00000224. The van der Waals surface area contributed by atoms with Crippen LogP contribution < -0.4 is 17.3 Å². The van der Waals surface area contributed by atoms with E-state index in [9.17, 15) is 0 Å². The minimum Gasteiger partial charge on any atom is -1.00 e. The van der Waals surface area contributed by atoms with Gasteiger partial charge in [0.25, 0.3) is 0 Å². The maximum atomic E-state index is 4.13. The summed E-state index contributed by atoms with van der Waals surface area (Å²) in [5.74, 6) is 0.875. The monoisotopic (exact) mass is 211 g/mol. The van der Waals surface area contributed by atoms with E-state index in [0.717, 1.165) is 19.0 Å². The molecule has 1 aromatic heterocycles. The number of rotatable bonds is 3. The van der Waals surface area contributed by atoms with Crippen molar-refractivity contribution in [3.63, 3.8) is 0 Å². The molecule has 0 bridgehead atoms. The van der Waals surface area contributed by atoms with E-state index in [2.05, 4.69) is 27.5 Å². The number of aromatic nitrogens is 2. The van der Waals surface area contributed by atoms with Crippen molar-refractivity contribution in [2.24, 2.45) is 0 Å². The van der Waals surface area contributed by atoms with Crippen LogP contribution in [0.15, 0.2) is 0 Å². The molecule has 0 amide bonds. The lowest BCUT2D eigenvalue weighted by Crippen LogP contribution is -3.00. The Kier molecular flexibility index (Phi) is 5.62. The smallest absolute Gasteiger partial charge is 0.464 e. The highest BCUT2D eigenvalue weighted by molar-refractivity contribution is 7.64. The van der Waals surface area contributed by atoms with Crippen molar-refractivity contribution < 1.29 is 12.4 Å². The van der Waals surface area contributed by atoms with E-state index in [1.54, 1.807) is 0 Å². The Morgan fingerprint density at radius 3 is 2.45 bits per heavy atom. The zero-order chi connectivity index (χ0) is 7.40. The topological polar surface area (TPSA) is 29.0 Å². The van der Waals surface area contributed by atoms with Crippen LogP contribution in [0.25, 0.3) is 0 Å². The Bertz CT molecular complexity index is 176. The third kappa shape index (κ3) is 2.84. The summed E-state index contributed by atoms with van der Waals surface area (Å²) in [6, 6.07) is 0. The highest BCUT2D eigenvalue weighted by atomic mass is 35.5. The zero-order valence-corrected chi connectivity index (χ0v) is 8.84. The number of halogens is 1. The van der Waals surface area contributed by atoms with E-state index < -0.39 is 0 Å². The van der Waals surface area contributed by atoms with Gasteiger partial charge in [0.1, 0.15) is 0 Å². The highest BCUT2D eigenvalue weighted by Gasteiger charge is 2.11. The second-order valence-electron chi connectivity index (χ2n) is 1.80. The molecule has 0 atom stereocenters. The highest BCUT2D eigenvalue weighted by Crippen LogP contribution is 2.11. The van der Waals surface area contributed by atoms with Gasteiger partial charge < -0.3 is 17.3 Å². The average molecular weight is 212 g/mol. The standard InChI is InChI=1S/C5H10N3S2.ClH/c1-3-8(4-2)5-6-9-10-7-5;/h3-4H2,1-2H3;1H/q+1;/p-1. The first-order valence-electron chi connectivity index (χ1n) is 3.25. The summed E-state index contributed by atoms with van der Waals surface area (Å²) in [7, 11) is 2.88. The molecule has 1 rings (SSSR count). The molecular formula is C5H10ClN3S2. The lowest BCUT2D eigenvalue weighted by Gasteiger charge is -2.12. The van der Waals surface area contributed by atoms with Crippen LogP contribution in [-0.4, -0.2) is 21.8 Å². The van der Waals surface area contributed by atoms with Gasteiger partial charge in [-0.05, 0) is 13.8 Å². The van der Waals surface area contributed by atoms with E-state index in [1.165, 1.54) is 21.1 Å². The van der Waals surface area contributed by atoms with Gasteiger partial charge in [0.2, 0.25) is 0 Å². The molecule has 3 nitrogen and oxygen atoms in total. The summed E-state index contributed by atoms with van der Waals surface area (Å²) < 4.78 is 8.27. The molecule has 0 saturated carbocycles. The second-order valence-corrected chi connectivity index (χ2v) is 3.36. The summed E-state index contributed by atoms with van der Waals surface area (Å²) in [5, 5.41) is 0. The van der Waals surface area contributed by atoms with E-state index in [-0.39, 0.29) is 12.4 Å². The predicted molar refractivity (Wildman–Crippen MR) is 45.8 cm³/mol. The van der Waals surface area contributed by atoms with E-state index in [1.807, 2.05) is 0 Å². The minimum atomic E-state index is 0. The molecule has 0 aliphatic rings. The molecule has 1 heterocycles.